The van der Waals surface area contributed by atoms with Crippen molar-refractivity contribution in [1.29, 1.82) is 0 Å². The maximum absolute atomic E-state index is 11.1. The van der Waals surface area contributed by atoms with E-state index in [1.54, 1.807) is 0 Å². The van der Waals surface area contributed by atoms with Gasteiger partial charge in [-0.05, 0) is 12.1 Å². The van der Waals surface area contributed by atoms with E-state index in [9.17, 15) is 20.0 Å². The lowest BCUT2D eigenvalue weighted by molar-refractivity contribution is -0.385. The summed E-state index contributed by atoms with van der Waals surface area (Å²) in [5.74, 6) is -1.02. The van der Waals surface area contributed by atoms with E-state index >= 15 is 0 Å². The molecule has 0 saturated carbocycles. The first kappa shape index (κ1) is 11.9. The van der Waals surface area contributed by atoms with E-state index in [2.05, 4.69) is 4.74 Å². The van der Waals surface area contributed by atoms with E-state index in [4.69, 9.17) is 5.73 Å². The highest BCUT2D eigenvalue weighted by Crippen LogP contribution is 2.28. The number of esters is 1. The number of aromatic hydroxyl groups is 1. The van der Waals surface area contributed by atoms with Crippen molar-refractivity contribution in [3.8, 4) is 5.75 Å². The Morgan fingerprint density at radius 2 is 2.25 bits per heavy atom. The summed E-state index contributed by atoms with van der Waals surface area (Å²) in [5.41, 5.74) is 5.04. The lowest BCUT2D eigenvalue weighted by atomic mass is 10.1. The number of nitrogens with two attached hydrogens (primary N) is 1. The Kier molecular flexibility index (Phi) is 3.41. The van der Waals surface area contributed by atoms with Gasteiger partial charge in [0.15, 0.2) is 0 Å². The third-order valence-electron chi connectivity index (χ3n) is 2.00. The highest BCUT2D eigenvalue weighted by molar-refractivity contribution is 5.79. The molecule has 1 aromatic rings. The molecule has 0 heterocycles. The number of phenolic OH excluding ortho intramolecular Hbond substituents is 1. The summed E-state index contributed by atoms with van der Waals surface area (Å²) < 4.78 is 4.37. The molecule has 0 aliphatic carbocycles. The molecule has 1 aromatic carbocycles. The van der Waals surface area contributed by atoms with Crippen molar-refractivity contribution in [1.82, 2.24) is 0 Å². The first-order chi connectivity index (χ1) is 7.47. The Bertz CT molecular complexity index is 432. The lowest BCUT2D eigenvalue weighted by Crippen LogP contribution is -2.23. The van der Waals surface area contributed by atoms with Crippen LogP contribution in [0.4, 0.5) is 5.69 Å². The molecule has 3 N–H and O–H groups in total. The lowest BCUT2D eigenvalue weighted by Gasteiger charge is -2.10. The number of phenols is 1. The molecule has 16 heavy (non-hydrogen) atoms. The van der Waals surface area contributed by atoms with Gasteiger partial charge in [0.2, 0.25) is 0 Å². The summed E-state index contributed by atoms with van der Waals surface area (Å²) >= 11 is 0. The number of methoxy groups -OCH3 is 1. The molecular weight excluding hydrogens is 216 g/mol. The number of hydrogen-bond acceptors (Lipinski definition) is 6. The number of nitro benzene ring substituents is 1. The fourth-order valence-electron chi connectivity index (χ4n) is 1.21. The van der Waals surface area contributed by atoms with Crippen molar-refractivity contribution in [2.24, 2.45) is 5.73 Å². The van der Waals surface area contributed by atoms with Gasteiger partial charge in [-0.2, -0.15) is 0 Å². The largest absolute Gasteiger partial charge is 0.508 e. The highest BCUT2D eigenvalue weighted by atomic mass is 16.6. The summed E-state index contributed by atoms with van der Waals surface area (Å²) in [4.78, 5) is 21.1. The second kappa shape index (κ2) is 4.58. The second-order valence-electron chi connectivity index (χ2n) is 3.00. The maximum atomic E-state index is 11.1. The molecule has 7 heteroatoms. The minimum atomic E-state index is -1.29. The van der Waals surface area contributed by atoms with Crippen LogP contribution in [0, 0.1) is 10.1 Å². The standard InChI is InChI=1S/C9H10N2O5/c1-16-9(13)8(10)6-4-5(12)2-3-7(6)11(14)15/h2-4,8,12H,10H2,1H3/t8-/m0/s1. The zero-order valence-electron chi connectivity index (χ0n) is 8.41. The van der Waals surface area contributed by atoms with Crippen molar-refractivity contribution in [2.45, 2.75) is 6.04 Å². The highest BCUT2D eigenvalue weighted by Gasteiger charge is 2.25. The summed E-state index contributed by atoms with van der Waals surface area (Å²) in [6, 6.07) is 2.00. The molecule has 1 atom stereocenters. The number of ether oxygens (including phenoxy) is 1. The van der Waals surface area contributed by atoms with Crippen LogP contribution in [0.15, 0.2) is 18.2 Å². The van der Waals surface area contributed by atoms with Crippen molar-refractivity contribution >= 4 is 11.7 Å². The Labute approximate surface area is 90.6 Å². The van der Waals surface area contributed by atoms with E-state index in [1.807, 2.05) is 0 Å². The van der Waals surface area contributed by atoms with E-state index in [1.165, 1.54) is 0 Å². The molecule has 7 nitrogen and oxygen atoms in total. The molecule has 0 aromatic heterocycles. The van der Waals surface area contributed by atoms with E-state index in [-0.39, 0.29) is 17.0 Å². The van der Waals surface area contributed by atoms with Gasteiger partial charge in [0, 0.05) is 6.07 Å². The minimum Gasteiger partial charge on any atom is -0.508 e. The average molecular weight is 226 g/mol. The molecule has 0 radical (unpaired) electrons. The van der Waals surface area contributed by atoms with Crippen molar-refractivity contribution in [2.75, 3.05) is 7.11 Å². The van der Waals surface area contributed by atoms with Crippen LogP contribution in [0.2, 0.25) is 0 Å². The maximum Gasteiger partial charge on any atom is 0.327 e. The van der Waals surface area contributed by atoms with Crippen LogP contribution in [0.5, 0.6) is 5.75 Å². The topological polar surface area (TPSA) is 116 Å². The number of nitrogens with zero attached hydrogens (tertiary/aromatic N) is 1. The molecule has 0 saturated heterocycles. The number of rotatable bonds is 3. The SMILES string of the molecule is COC(=O)[C@@H](N)c1cc(O)ccc1[N+](=O)[O-]. The van der Waals surface area contributed by atoms with E-state index in [0.29, 0.717) is 0 Å². The molecule has 0 fully saturated rings. The van der Waals surface area contributed by atoms with Crippen molar-refractivity contribution < 1.29 is 19.6 Å². The van der Waals surface area contributed by atoms with Gasteiger partial charge in [-0.15, -0.1) is 0 Å². The summed E-state index contributed by atoms with van der Waals surface area (Å²) in [7, 11) is 1.12. The summed E-state index contributed by atoms with van der Waals surface area (Å²) in [6.45, 7) is 0. The Hall–Kier alpha value is -2.15. The number of hydrogen-bond donors (Lipinski definition) is 2. The van der Waals surface area contributed by atoms with Crippen molar-refractivity contribution in [3.05, 3.63) is 33.9 Å². The van der Waals surface area contributed by atoms with Gasteiger partial charge >= 0.3 is 5.97 Å². The molecule has 0 aliphatic heterocycles. The number of carbonyl (C=O) groups excluding carboxylic acids is 1. The third-order valence-corrected chi connectivity index (χ3v) is 2.00. The van der Waals surface area contributed by atoms with Crippen LogP contribution in [0.25, 0.3) is 0 Å². The molecule has 0 unspecified atom stereocenters. The van der Waals surface area contributed by atoms with Crippen LogP contribution in [0.1, 0.15) is 11.6 Å². The fraction of sp³-hybridized carbons (Fsp3) is 0.222. The van der Waals surface area contributed by atoms with Gasteiger partial charge in [0.05, 0.1) is 17.6 Å². The van der Waals surface area contributed by atoms with Crippen molar-refractivity contribution in [3.63, 3.8) is 0 Å². The van der Waals surface area contributed by atoms with Gasteiger partial charge < -0.3 is 15.6 Å². The van der Waals surface area contributed by atoms with E-state index in [0.717, 1.165) is 25.3 Å². The Balaban J connectivity index is 3.24. The molecular formula is C9H10N2O5. The molecule has 0 aliphatic rings. The van der Waals surface area contributed by atoms with Crippen LogP contribution < -0.4 is 5.73 Å². The van der Waals surface area contributed by atoms with Crippen LogP contribution in [-0.4, -0.2) is 23.1 Å². The van der Waals surface area contributed by atoms with E-state index < -0.39 is 16.9 Å². The number of benzene rings is 1. The predicted octanol–water partition coefficient (Wildman–Crippen LogP) is 0.473. The normalized spacial score (nSPS) is 11.9. The van der Waals surface area contributed by atoms with Gasteiger partial charge in [-0.1, -0.05) is 0 Å². The second-order valence-corrected chi connectivity index (χ2v) is 3.00. The summed E-state index contributed by atoms with van der Waals surface area (Å²) in [6.07, 6.45) is 0. The van der Waals surface area contributed by atoms with Gasteiger partial charge in [0.25, 0.3) is 5.69 Å². The minimum absolute atomic E-state index is 0.0862. The van der Waals surface area contributed by atoms with Gasteiger partial charge in [-0.25, -0.2) is 4.79 Å². The zero-order chi connectivity index (χ0) is 12.3. The quantitative estimate of drug-likeness (QED) is 0.439. The number of nitro groups is 1. The average Bonchev–Trinajstić information content (AvgIpc) is 2.26. The zero-order valence-corrected chi connectivity index (χ0v) is 8.41. The predicted molar refractivity (Wildman–Crippen MR) is 53.7 cm³/mol. The van der Waals surface area contributed by atoms with Crippen LogP contribution >= 0.6 is 0 Å². The molecule has 1 rings (SSSR count). The Morgan fingerprint density at radius 1 is 1.62 bits per heavy atom. The molecule has 86 valence electrons. The van der Waals surface area contributed by atoms with Gasteiger partial charge in [0.1, 0.15) is 11.8 Å². The molecule has 0 spiro atoms. The monoisotopic (exact) mass is 226 g/mol. The van der Waals surface area contributed by atoms with Crippen LogP contribution in [-0.2, 0) is 9.53 Å². The first-order valence-corrected chi connectivity index (χ1v) is 4.28. The molecule has 0 amide bonds. The summed E-state index contributed by atoms with van der Waals surface area (Å²) in [5, 5.41) is 19.9. The van der Waals surface area contributed by atoms with Gasteiger partial charge in [-0.3, -0.25) is 10.1 Å². The smallest absolute Gasteiger partial charge is 0.327 e. The van der Waals surface area contributed by atoms with Crippen LogP contribution in [0.3, 0.4) is 0 Å². The fourth-order valence-corrected chi connectivity index (χ4v) is 1.21. The Morgan fingerprint density at radius 3 is 2.75 bits per heavy atom. The number of carbonyl (C=O) groups is 1. The third kappa shape index (κ3) is 2.26. The molecule has 0 bridgehead atoms. The first-order valence-electron chi connectivity index (χ1n) is 4.28.